The summed E-state index contributed by atoms with van der Waals surface area (Å²) < 4.78 is 39.7. The third-order valence-electron chi connectivity index (χ3n) is 6.32. The van der Waals surface area contributed by atoms with E-state index in [2.05, 4.69) is 30.3 Å². The number of nitrogens with one attached hydrogen (secondary N) is 1. The van der Waals surface area contributed by atoms with E-state index in [0.717, 1.165) is 18.4 Å². The van der Waals surface area contributed by atoms with Gasteiger partial charge in [-0.3, -0.25) is 9.80 Å². The topological polar surface area (TPSA) is 44.7 Å². The van der Waals surface area contributed by atoms with E-state index in [0.29, 0.717) is 29.4 Å². The van der Waals surface area contributed by atoms with Crippen LogP contribution in [0.25, 0.3) is 0 Å². The third kappa shape index (κ3) is 2.91. The van der Waals surface area contributed by atoms with Crippen LogP contribution < -0.4 is 5.32 Å². The molecule has 1 aromatic rings. The van der Waals surface area contributed by atoms with Gasteiger partial charge >= 0.3 is 6.18 Å². The van der Waals surface area contributed by atoms with Crippen LogP contribution in [0.15, 0.2) is 23.3 Å². The molecule has 1 heterocycles. The van der Waals surface area contributed by atoms with Crippen molar-refractivity contribution in [3.05, 3.63) is 29.3 Å². The SMILES string of the molecule is CC(C)C1C2CCC1c1c(NC(=O)C3CN(C)N=C3C(F)(F)F)cccc12. The Labute approximate surface area is 156 Å². The molecular weight excluding hydrogens is 355 g/mol. The van der Waals surface area contributed by atoms with E-state index in [1.807, 2.05) is 12.1 Å². The maximum absolute atomic E-state index is 13.2. The minimum absolute atomic E-state index is 0.0592. The molecule has 4 atom stereocenters. The minimum atomic E-state index is -4.60. The van der Waals surface area contributed by atoms with Crippen molar-refractivity contribution in [1.29, 1.82) is 0 Å². The molecule has 146 valence electrons. The van der Waals surface area contributed by atoms with E-state index >= 15 is 0 Å². The second-order valence-corrected chi connectivity index (χ2v) is 8.29. The normalized spacial score (nSPS) is 29.3. The Bertz CT molecular complexity index is 802. The van der Waals surface area contributed by atoms with Crippen molar-refractivity contribution in [2.75, 3.05) is 18.9 Å². The van der Waals surface area contributed by atoms with Crippen LogP contribution in [0.5, 0.6) is 0 Å². The maximum atomic E-state index is 13.2. The van der Waals surface area contributed by atoms with Crippen LogP contribution >= 0.6 is 0 Å². The summed E-state index contributed by atoms with van der Waals surface area (Å²) in [7, 11) is 1.45. The Balaban J connectivity index is 1.61. The van der Waals surface area contributed by atoms with Crippen molar-refractivity contribution >= 4 is 17.3 Å². The molecule has 7 heteroatoms. The van der Waals surface area contributed by atoms with E-state index in [4.69, 9.17) is 0 Å². The zero-order valence-electron chi connectivity index (χ0n) is 15.7. The predicted octanol–water partition coefficient (Wildman–Crippen LogP) is 4.35. The van der Waals surface area contributed by atoms with E-state index in [9.17, 15) is 18.0 Å². The summed E-state index contributed by atoms with van der Waals surface area (Å²) in [5.74, 6) is 0.0159. The first-order valence-electron chi connectivity index (χ1n) is 9.49. The molecule has 3 aliphatic rings. The molecular formula is C20H24F3N3O. The lowest BCUT2D eigenvalue weighted by Crippen LogP contribution is -2.38. The van der Waals surface area contributed by atoms with Crippen LogP contribution in [0, 0.1) is 17.8 Å². The van der Waals surface area contributed by atoms with Gasteiger partial charge in [0.05, 0.1) is 6.54 Å². The van der Waals surface area contributed by atoms with Crippen molar-refractivity contribution in [3.63, 3.8) is 0 Å². The van der Waals surface area contributed by atoms with Gasteiger partial charge in [-0.15, -0.1) is 0 Å². The lowest BCUT2D eigenvalue weighted by molar-refractivity contribution is -0.119. The van der Waals surface area contributed by atoms with Crippen molar-refractivity contribution in [1.82, 2.24) is 5.01 Å². The summed E-state index contributed by atoms with van der Waals surface area (Å²) in [5, 5.41) is 7.50. The second kappa shape index (κ2) is 6.24. The zero-order chi connectivity index (χ0) is 19.5. The minimum Gasteiger partial charge on any atom is -0.325 e. The van der Waals surface area contributed by atoms with Crippen molar-refractivity contribution in [3.8, 4) is 0 Å². The maximum Gasteiger partial charge on any atom is 0.432 e. The fraction of sp³-hybridized carbons (Fsp3) is 0.600. The number of nitrogens with zero attached hydrogens (tertiary/aromatic N) is 2. The molecule has 4 nitrogen and oxygen atoms in total. The standard InChI is InChI=1S/C20H24F3N3O/c1-10(2)16-12-7-8-13(16)17-11(12)5-4-6-15(17)24-19(27)14-9-26(3)25-18(14)20(21,22)23/h4-6,10,12-14,16H,7-9H2,1-3H3,(H,24,27). The molecule has 0 radical (unpaired) electrons. The van der Waals surface area contributed by atoms with Gasteiger partial charge in [0, 0.05) is 12.7 Å². The van der Waals surface area contributed by atoms with Gasteiger partial charge in [-0.25, -0.2) is 0 Å². The molecule has 4 unspecified atom stereocenters. The number of carbonyl (C=O) groups is 1. The Kier molecular flexibility index (Phi) is 4.24. The smallest absolute Gasteiger partial charge is 0.325 e. The monoisotopic (exact) mass is 379 g/mol. The first-order chi connectivity index (χ1) is 12.7. The number of alkyl halides is 3. The number of benzene rings is 1. The molecule has 0 spiro atoms. The predicted molar refractivity (Wildman–Crippen MR) is 97.7 cm³/mol. The first-order valence-corrected chi connectivity index (χ1v) is 9.49. The molecule has 1 saturated carbocycles. The number of fused-ring (bicyclic) bond motifs is 5. The molecule has 2 aliphatic carbocycles. The third-order valence-corrected chi connectivity index (χ3v) is 6.32. The van der Waals surface area contributed by atoms with Gasteiger partial charge in [-0.05, 0) is 53.7 Å². The highest BCUT2D eigenvalue weighted by Gasteiger charge is 2.50. The summed E-state index contributed by atoms with van der Waals surface area (Å²) in [6.45, 7) is 4.39. The average Bonchev–Trinajstić information content (AvgIpc) is 3.25. The summed E-state index contributed by atoms with van der Waals surface area (Å²) in [4.78, 5) is 12.7. The Hall–Kier alpha value is -2.05. The largest absolute Gasteiger partial charge is 0.432 e. The number of hydrogen-bond donors (Lipinski definition) is 1. The number of hydrazone groups is 1. The van der Waals surface area contributed by atoms with Gasteiger partial charge in [0.15, 0.2) is 5.71 Å². The molecule has 2 bridgehead atoms. The highest BCUT2D eigenvalue weighted by molar-refractivity contribution is 6.12. The van der Waals surface area contributed by atoms with Crippen LogP contribution in [0.4, 0.5) is 18.9 Å². The molecule has 0 saturated heterocycles. The van der Waals surface area contributed by atoms with Gasteiger partial charge in [0.2, 0.25) is 5.91 Å². The number of anilines is 1. The molecule has 4 rings (SSSR count). The molecule has 0 aromatic heterocycles. The highest BCUT2D eigenvalue weighted by atomic mass is 19.4. The fourth-order valence-corrected chi connectivity index (χ4v) is 5.41. The van der Waals surface area contributed by atoms with Gasteiger partial charge in [-0.1, -0.05) is 26.0 Å². The Morgan fingerprint density at radius 2 is 1.96 bits per heavy atom. The van der Waals surface area contributed by atoms with Gasteiger partial charge in [0.1, 0.15) is 5.92 Å². The van der Waals surface area contributed by atoms with E-state index < -0.39 is 23.7 Å². The van der Waals surface area contributed by atoms with Crippen molar-refractivity contribution < 1.29 is 18.0 Å². The molecule has 27 heavy (non-hydrogen) atoms. The molecule has 1 fully saturated rings. The number of hydrogen-bond acceptors (Lipinski definition) is 3. The van der Waals surface area contributed by atoms with Crippen LogP contribution in [0.1, 0.15) is 49.7 Å². The van der Waals surface area contributed by atoms with E-state index in [1.54, 1.807) is 0 Å². The number of halogens is 3. The summed E-state index contributed by atoms with van der Waals surface area (Å²) >= 11 is 0. The molecule has 1 amide bonds. The second-order valence-electron chi connectivity index (χ2n) is 8.29. The van der Waals surface area contributed by atoms with E-state index in [1.165, 1.54) is 17.6 Å². The quantitative estimate of drug-likeness (QED) is 0.849. The lowest BCUT2D eigenvalue weighted by Gasteiger charge is -2.22. The van der Waals surface area contributed by atoms with Crippen LogP contribution in [0.2, 0.25) is 0 Å². The zero-order valence-corrected chi connectivity index (χ0v) is 15.7. The van der Waals surface area contributed by atoms with Crippen molar-refractivity contribution in [2.45, 2.75) is 44.7 Å². The molecule has 1 aliphatic heterocycles. The van der Waals surface area contributed by atoms with E-state index in [-0.39, 0.29) is 6.54 Å². The van der Waals surface area contributed by atoms with Crippen LogP contribution in [-0.2, 0) is 4.79 Å². The first kappa shape index (κ1) is 18.3. The number of carbonyl (C=O) groups excluding carboxylic acids is 1. The fourth-order valence-electron chi connectivity index (χ4n) is 5.41. The highest BCUT2D eigenvalue weighted by Crippen LogP contribution is 2.61. The lowest BCUT2D eigenvalue weighted by atomic mass is 9.84. The van der Waals surface area contributed by atoms with Crippen molar-refractivity contribution in [2.24, 2.45) is 22.9 Å². The Morgan fingerprint density at radius 3 is 2.63 bits per heavy atom. The van der Waals surface area contributed by atoms with Gasteiger partial charge < -0.3 is 5.32 Å². The number of amides is 1. The molecule has 1 N–H and O–H groups in total. The Morgan fingerprint density at radius 1 is 1.26 bits per heavy atom. The summed E-state index contributed by atoms with van der Waals surface area (Å²) in [6.07, 6.45) is -2.38. The van der Waals surface area contributed by atoms with Crippen LogP contribution in [-0.4, -0.2) is 36.4 Å². The number of rotatable bonds is 3. The van der Waals surface area contributed by atoms with Crippen LogP contribution in [0.3, 0.4) is 0 Å². The van der Waals surface area contributed by atoms with Gasteiger partial charge in [0.25, 0.3) is 0 Å². The summed E-state index contributed by atoms with van der Waals surface area (Å²) in [5.41, 5.74) is 2.05. The average molecular weight is 379 g/mol. The molecule has 1 aromatic carbocycles. The summed E-state index contributed by atoms with van der Waals surface area (Å²) in [6, 6.07) is 5.82. The van der Waals surface area contributed by atoms with Gasteiger partial charge in [-0.2, -0.15) is 18.3 Å².